The van der Waals surface area contributed by atoms with Crippen molar-refractivity contribution in [2.24, 2.45) is 7.05 Å². The summed E-state index contributed by atoms with van der Waals surface area (Å²) in [6, 6.07) is 6.60. The van der Waals surface area contributed by atoms with Crippen molar-refractivity contribution in [3.05, 3.63) is 47.3 Å². The fraction of sp³-hybridized carbons (Fsp3) is 0.235. The molecule has 0 atom stereocenters. The summed E-state index contributed by atoms with van der Waals surface area (Å²) in [5.74, 6) is -0.255. The van der Waals surface area contributed by atoms with Crippen LogP contribution in [0.1, 0.15) is 17.0 Å². The second kappa shape index (κ2) is 7.45. The smallest absolute Gasteiger partial charge is 0.318 e. The van der Waals surface area contributed by atoms with E-state index in [1.165, 1.54) is 13.1 Å². The van der Waals surface area contributed by atoms with Crippen molar-refractivity contribution in [3.63, 3.8) is 0 Å². The molecule has 3 amide bonds. The predicted molar refractivity (Wildman–Crippen MR) is 94.9 cm³/mol. The number of hydrogen-bond acceptors (Lipinski definition) is 3. The Labute approximate surface area is 140 Å². The summed E-state index contributed by atoms with van der Waals surface area (Å²) in [4.78, 5) is 23.4. The molecule has 0 aliphatic heterocycles. The maximum Gasteiger partial charge on any atom is 0.318 e. The first-order valence-electron chi connectivity index (χ1n) is 7.48. The Morgan fingerprint density at radius 1 is 1.17 bits per heavy atom. The average molecular weight is 327 g/mol. The van der Waals surface area contributed by atoms with E-state index in [1.54, 1.807) is 35.0 Å². The predicted octanol–water partition coefficient (Wildman–Crippen LogP) is 2.44. The number of urea groups is 1. The second-order valence-corrected chi connectivity index (χ2v) is 5.32. The van der Waals surface area contributed by atoms with Crippen molar-refractivity contribution < 1.29 is 9.59 Å². The van der Waals surface area contributed by atoms with E-state index in [2.05, 4.69) is 21.0 Å². The van der Waals surface area contributed by atoms with Crippen LogP contribution in [0.5, 0.6) is 0 Å². The highest BCUT2D eigenvalue weighted by molar-refractivity contribution is 6.02. The Morgan fingerprint density at radius 2 is 1.83 bits per heavy atom. The highest BCUT2D eigenvalue weighted by atomic mass is 16.2. The zero-order chi connectivity index (χ0) is 17.7. The fourth-order valence-electron chi connectivity index (χ4n) is 2.24. The Bertz CT molecular complexity index is 792. The van der Waals surface area contributed by atoms with Crippen LogP contribution in [0.15, 0.2) is 30.3 Å². The van der Waals surface area contributed by atoms with Crippen LogP contribution in [-0.4, -0.2) is 28.8 Å². The van der Waals surface area contributed by atoms with Crippen molar-refractivity contribution >= 4 is 29.4 Å². The summed E-state index contributed by atoms with van der Waals surface area (Å²) in [7, 11) is 3.40. The van der Waals surface area contributed by atoms with E-state index in [-0.39, 0.29) is 11.9 Å². The molecule has 0 bridgehead atoms. The van der Waals surface area contributed by atoms with Crippen LogP contribution in [0, 0.1) is 13.8 Å². The summed E-state index contributed by atoms with van der Waals surface area (Å²) in [6.07, 6.45) is 3.22. The average Bonchev–Trinajstić information content (AvgIpc) is 2.78. The number of aryl methyl sites for hydroxylation is 2. The lowest BCUT2D eigenvalue weighted by Gasteiger charge is -2.07. The lowest BCUT2D eigenvalue weighted by molar-refractivity contribution is -0.111. The lowest BCUT2D eigenvalue weighted by atomic mass is 10.2. The number of nitrogens with one attached hydrogen (secondary N) is 3. The molecule has 0 spiro atoms. The van der Waals surface area contributed by atoms with Crippen molar-refractivity contribution in [3.8, 4) is 0 Å². The molecule has 24 heavy (non-hydrogen) atoms. The fourth-order valence-corrected chi connectivity index (χ4v) is 2.24. The molecule has 1 heterocycles. The molecule has 1 aromatic heterocycles. The van der Waals surface area contributed by atoms with Crippen molar-refractivity contribution in [1.29, 1.82) is 0 Å². The zero-order valence-corrected chi connectivity index (χ0v) is 14.2. The number of carbonyl (C=O) groups is 2. The van der Waals surface area contributed by atoms with Crippen molar-refractivity contribution in [1.82, 2.24) is 15.1 Å². The third-order valence-electron chi connectivity index (χ3n) is 3.58. The first-order chi connectivity index (χ1) is 11.4. The third kappa shape index (κ3) is 4.22. The summed E-state index contributed by atoms with van der Waals surface area (Å²) >= 11 is 0. The number of benzene rings is 1. The van der Waals surface area contributed by atoms with Gasteiger partial charge in [-0.05, 0) is 38.1 Å². The maximum absolute atomic E-state index is 12.1. The van der Waals surface area contributed by atoms with Crippen molar-refractivity contribution in [2.45, 2.75) is 13.8 Å². The summed E-state index contributed by atoms with van der Waals surface area (Å²) in [5, 5.41) is 12.2. The number of rotatable bonds is 4. The molecule has 2 aromatic rings. The molecule has 2 rings (SSSR count). The van der Waals surface area contributed by atoms with Crippen LogP contribution in [0.2, 0.25) is 0 Å². The van der Waals surface area contributed by atoms with Gasteiger partial charge in [-0.25, -0.2) is 4.79 Å². The van der Waals surface area contributed by atoms with Gasteiger partial charge in [0.2, 0.25) is 5.91 Å². The summed E-state index contributed by atoms with van der Waals surface area (Å²) in [6.45, 7) is 3.85. The third-order valence-corrected chi connectivity index (χ3v) is 3.58. The van der Waals surface area contributed by atoms with Gasteiger partial charge in [-0.3, -0.25) is 9.48 Å². The van der Waals surface area contributed by atoms with Crippen LogP contribution in [0.3, 0.4) is 0 Å². The van der Waals surface area contributed by atoms with Gasteiger partial charge in [0.1, 0.15) is 0 Å². The van der Waals surface area contributed by atoms with E-state index in [1.807, 2.05) is 20.9 Å². The first kappa shape index (κ1) is 17.3. The number of carbonyl (C=O) groups excluding carboxylic acids is 2. The monoisotopic (exact) mass is 327 g/mol. The van der Waals surface area contributed by atoms with E-state index >= 15 is 0 Å². The number of nitrogens with zero attached hydrogens (tertiary/aromatic N) is 2. The van der Waals surface area contributed by atoms with Gasteiger partial charge in [0, 0.05) is 42.8 Å². The minimum absolute atomic E-state index is 0.255. The van der Waals surface area contributed by atoms with Crippen LogP contribution in [0.25, 0.3) is 6.08 Å². The van der Waals surface area contributed by atoms with E-state index in [9.17, 15) is 9.59 Å². The van der Waals surface area contributed by atoms with Gasteiger partial charge in [-0.2, -0.15) is 5.10 Å². The van der Waals surface area contributed by atoms with E-state index in [0.717, 1.165) is 17.0 Å². The molecule has 3 N–H and O–H groups in total. The topological polar surface area (TPSA) is 88.1 Å². The molecule has 0 aliphatic carbocycles. The summed E-state index contributed by atoms with van der Waals surface area (Å²) < 4.78 is 1.78. The molecule has 1 aromatic carbocycles. The van der Waals surface area contributed by atoms with Gasteiger partial charge in [-0.15, -0.1) is 0 Å². The Hall–Kier alpha value is -3.09. The van der Waals surface area contributed by atoms with Crippen LogP contribution >= 0.6 is 0 Å². The minimum atomic E-state index is -0.319. The molecule has 7 heteroatoms. The largest absolute Gasteiger partial charge is 0.341 e. The molecule has 7 nitrogen and oxygen atoms in total. The normalized spacial score (nSPS) is 10.7. The quantitative estimate of drug-likeness (QED) is 0.754. The molecular weight excluding hydrogens is 306 g/mol. The maximum atomic E-state index is 12.1. The molecule has 0 saturated carbocycles. The van der Waals surface area contributed by atoms with E-state index < -0.39 is 0 Å². The highest BCUT2D eigenvalue weighted by Gasteiger charge is 2.07. The SMILES string of the molecule is CNC(=O)Nc1cccc(NC(=O)/C=C/c2c(C)nn(C)c2C)c1. The molecule has 0 fully saturated rings. The van der Waals surface area contributed by atoms with Crippen molar-refractivity contribution in [2.75, 3.05) is 17.7 Å². The van der Waals surface area contributed by atoms with Gasteiger partial charge in [0.05, 0.1) is 5.69 Å². The van der Waals surface area contributed by atoms with Crippen LogP contribution in [-0.2, 0) is 11.8 Å². The second-order valence-electron chi connectivity index (χ2n) is 5.32. The van der Waals surface area contributed by atoms with Crippen LogP contribution < -0.4 is 16.0 Å². The minimum Gasteiger partial charge on any atom is -0.341 e. The standard InChI is InChI=1S/C17H21N5O2/c1-11-15(12(2)22(4)21-11)8-9-16(23)19-13-6-5-7-14(10-13)20-17(24)18-3/h5-10H,1-4H3,(H,19,23)(H2,18,20,24)/b9-8+. The Morgan fingerprint density at radius 3 is 2.42 bits per heavy atom. The van der Waals surface area contributed by atoms with Gasteiger partial charge in [0.15, 0.2) is 0 Å². The van der Waals surface area contributed by atoms with Gasteiger partial charge in [0.25, 0.3) is 0 Å². The number of hydrogen-bond donors (Lipinski definition) is 3. The molecular formula is C17H21N5O2. The molecule has 0 aliphatic rings. The summed E-state index contributed by atoms with van der Waals surface area (Å²) in [5.41, 5.74) is 3.99. The molecule has 0 unspecified atom stereocenters. The Balaban J connectivity index is 2.05. The zero-order valence-electron chi connectivity index (χ0n) is 14.2. The van der Waals surface area contributed by atoms with E-state index in [0.29, 0.717) is 11.4 Å². The van der Waals surface area contributed by atoms with E-state index in [4.69, 9.17) is 0 Å². The number of amides is 3. The molecule has 0 radical (unpaired) electrons. The molecule has 126 valence electrons. The van der Waals surface area contributed by atoms with Gasteiger partial charge in [-0.1, -0.05) is 6.07 Å². The number of aromatic nitrogens is 2. The van der Waals surface area contributed by atoms with Gasteiger partial charge >= 0.3 is 6.03 Å². The lowest BCUT2D eigenvalue weighted by Crippen LogP contribution is -2.24. The van der Waals surface area contributed by atoms with Crippen LogP contribution in [0.4, 0.5) is 16.2 Å². The molecule has 0 saturated heterocycles. The Kier molecular flexibility index (Phi) is 5.36. The van der Waals surface area contributed by atoms with Gasteiger partial charge < -0.3 is 16.0 Å². The highest BCUT2D eigenvalue weighted by Crippen LogP contribution is 2.16. The first-order valence-corrected chi connectivity index (χ1v) is 7.48. The number of anilines is 2.